The maximum absolute atomic E-state index is 11.3. The molecule has 0 aliphatic carbocycles. The molecule has 0 aliphatic rings. The molecule has 0 fully saturated rings. The molecule has 1 aromatic rings. The Kier molecular flexibility index (Phi) is 6.56. The Morgan fingerprint density at radius 3 is 2.80 bits per heavy atom. The molecule has 1 atom stereocenters. The summed E-state index contributed by atoms with van der Waals surface area (Å²) in [5.74, 6) is 4.63. The van der Waals surface area contributed by atoms with Gasteiger partial charge in [-0.3, -0.25) is 19.8 Å². The third kappa shape index (κ3) is 4.87. The van der Waals surface area contributed by atoms with E-state index in [0.29, 0.717) is 12.6 Å². The fraction of sp³-hybridized carbons (Fsp3) is 0.750. The van der Waals surface area contributed by atoms with Gasteiger partial charge in [0.2, 0.25) is 0 Å². The molecule has 0 aromatic carbocycles. The van der Waals surface area contributed by atoms with Gasteiger partial charge >= 0.3 is 0 Å². The van der Waals surface area contributed by atoms with Crippen molar-refractivity contribution in [1.82, 2.24) is 30.2 Å². The number of rotatable bonds is 8. The highest BCUT2D eigenvalue weighted by Crippen LogP contribution is 2.01. The van der Waals surface area contributed by atoms with Crippen LogP contribution in [-0.2, 0) is 6.54 Å². The van der Waals surface area contributed by atoms with Crippen LogP contribution in [0, 0.1) is 0 Å². The van der Waals surface area contributed by atoms with Gasteiger partial charge in [-0.25, -0.2) is 5.84 Å². The van der Waals surface area contributed by atoms with Gasteiger partial charge in [-0.15, -0.1) is 5.10 Å². The lowest BCUT2D eigenvalue weighted by Gasteiger charge is -2.29. The number of amides is 1. The van der Waals surface area contributed by atoms with Gasteiger partial charge in [-0.2, -0.15) is 0 Å². The molecule has 1 rings (SSSR count). The number of hydrogen-bond acceptors (Lipinski definition) is 6. The van der Waals surface area contributed by atoms with Crippen molar-refractivity contribution >= 4 is 5.91 Å². The quantitative estimate of drug-likeness (QED) is 0.367. The molecular weight excluding hydrogens is 258 g/mol. The van der Waals surface area contributed by atoms with Crippen LogP contribution in [-0.4, -0.2) is 70.5 Å². The van der Waals surface area contributed by atoms with Crippen LogP contribution >= 0.6 is 0 Å². The third-order valence-corrected chi connectivity index (χ3v) is 3.18. The van der Waals surface area contributed by atoms with Crippen LogP contribution in [0.25, 0.3) is 0 Å². The van der Waals surface area contributed by atoms with Crippen LogP contribution in [0.15, 0.2) is 6.20 Å². The molecule has 3 N–H and O–H groups in total. The molecule has 0 saturated carbocycles. The van der Waals surface area contributed by atoms with E-state index in [0.717, 1.165) is 19.6 Å². The van der Waals surface area contributed by atoms with Gasteiger partial charge in [0, 0.05) is 19.1 Å². The van der Waals surface area contributed by atoms with Crippen molar-refractivity contribution in [3.8, 4) is 0 Å². The van der Waals surface area contributed by atoms with Crippen LogP contribution < -0.4 is 11.3 Å². The Labute approximate surface area is 119 Å². The van der Waals surface area contributed by atoms with Crippen LogP contribution in [0.4, 0.5) is 0 Å². The van der Waals surface area contributed by atoms with Gasteiger partial charge in [0.05, 0.1) is 12.7 Å². The minimum absolute atomic E-state index is 0.233. The van der Waals surface area contributed by atoms with Crippen molar-refractivity contribution < 1.29 is 4.79 Å². The number of aromatic nitrogens is 3. The second-order valence-corrected chi connectivity index (χ2v) is 5.08. The summed E-state index contributed by atoms with van der Waals surface area (Å²) in [6, 6.07) is 0.463. The highest BCUT2D eigenvalue weighted by Gasteiger charge is 2.14. The Balaban J connectivity index is 2.51. The van der Waals surface area contributed by atoms with Crippen LogP contribution in [0.2, 0.25) is 0 Å². The smallest absolute Gasteiger partial charge is 0.287 e. The summed E-state index contributed by atoms with van der Waals surface area (Å²) < 4.78 is 1.66. The number of nitrogen functional groups attached to an aromatic ring is 1. The molecule has 20 heavy (non-hydrogen) atoms. The predicted octanol–water partition coefficient (Wildman–Crippen LogP) is -0.846. The molecule has 8 heteroatoms. The maximum atomic E-state index is 11.3. The van der Waals surface area contributed by atoms with E-state index in [4.69, 9.17) is 5.84 Å². The van der Waals surface area contributed by atoms with Gasteiger partial charge in [0.15, 0.2) is 5.69 Å². The van der Waals surface area contributed by atoms with E-state index in [1.165, 1.54) is 0 Å². The monoisotopic (exact) mass is 283 g/mol. The lowest BCUT2D eigenvalue weighted by molar-refractivity contribution is 0.0948. The van der Waals surface area contributed by atoms with Gasteiger partial charge in [-0.1, -0.05) is 12.1 Å². The van der Waals surface area contributed by atoms with E-state index >= 15 is 0 Å². The molecule has 1 unspecified atom stereocenters. The van der Waals surface area contributed by atoms with E-state index in [1.54, 1.807) is 10.9 Å². The first-order chi connectivity index (χ1) is 9.47. The largest absolute Gasteiger partial charge is 0.308 e. The molecule has 8 nitrogen and oxygen atoms in total. The number of hydrazine groups is 1. The van der Waals surface area contributed by atoms with Crippen LogP contribution in [0.1, 0.15) is 24.3 Å². The summed E-state index contributed by atoms with van der Waals surface area (Å²) in [6.07, 6.45) is 1.60. The first-order valence-corrected chi connectivity index (χ1v) is 6.77. The Morgan fingerprint density at radius 1 is 1.55 bits per heavy atom. The summed E-state index contributed by atoms with van der Waals surface area (Å²) in [5, 5.41) is 7.70. The van der Waals surface area contributed by atoms with E-state index in [9.17, 15) is 4.79 Å². The number of nitrogens with zero attached hydrogens (tertiary/aromatic N) is 5. The highest BCUT2D eigenvalue weighted by molar-refractivity contribution is 5.91. The lowest BCUT2D eigenvalue weighted by atomic mass is 10.2. The lowest BCUT2D eigenvalue weighted by Crippen LogP contribution is -2.41. The predicted molar refractivity (Wildman–Crippen MR) is 76.9 cm³/mol. The van der Waals surface area contributed by atoms with Gasteiger partial charge in [0.1, 0.15) is 0 Å². The molecule has 114 valence electrons. The van der Waals surface area contributed by atoms with E-state index < -0.39 is 5.91 Å². The highest BCUT2D eigenvalue weighted by atomic mass is 16.2. The van der Waals surface area contributed by atoms with Gasteiger partial charge in [0.25, 0.3) is 5.91 Å². The molecule has 0 aliphatic heterocycles. The number of nitrogens with two attached hydrogens (primary N) is 1. The number of hydrogen-bond donors (Lipinski definition) is 2. The van der Waals surface area contributed by atoms with Gasteiger partial charge in [-0.05, 0) is 27.6 Å². The van der Waals surface area contributed by atoms with Crippen LogP contribution in [0.5, 0.6) is 0 Å². The average molecular weight is 283 g/mol. The summed E-state index contributed by atoms with van der Waals surface area (Å²) in [7, 11) is 4.14. The minimum atomic E-state index is -0.426. The third-order valence-electron chi connectivity index (χ3n) is 3.18. The fourth-order valence-corrected chi connectivity index (χ4v) is 2.15. The summed E-state index contributed by atoms with van der Waals surface area (Å²) >= 11 is 0. The van der Waals surface area contributed by atoms with Crippen LogP contribution in [0.3, 0.4) is 0 Å². The van der Waals surface area contributed by atoms with E-state index in [-0.39, 0.29) is 5.69 Å². The Morgan fingerprint density at radius 2 is 2.25 bits per heavy atom. The van der Waals surface area contributed by atoms with E-state index in [1.807, 2.05) is 5.43 Å². The van der Waals surface area contributed by atoms with Crippen molar-refractivity contribution in [2.24, 2.45) is 5.84 Å². The summed E-state index contributed by atoms with van der Waals surface area (Å²) in [6.45, 7) is 7.87. The molecule has 1 aromatic heterocycles. The van der Waals surface area contributed by atoms with E-state index in [2.05, 4.69) is 48.1 Å². The van der Waals surface area contributed by atoms with Crippen molar-refractivity contribution in [3.63, 3.8) is 0 Å². The molecule has 0 radical (unpaired) electrons. The summed E-state index contributed by atoms with van der Waals surface area (Å²) in [4.78, 5) is 15.8. The SMILES string of the molecule is CCN(CCn1cc(C(=O)NN)nn1)C(C)CN(C)C. The first kappa shape index (κ1) is 16.5. The maximum Gasteiger partial charge on any atom is 0.287 e. The topological polar surface area (TPSA) is 92.3 Å². The summed E-state index contributed by atoms with van der Waals surface area (Å²) in [5.41, 5.74) is 2.27. The van der Waals surface area contributed by atoms with Crippen molar-refractivity contribution in [2.75, 3.05) is 33.7 Å². The molecule has 1 amide bonds. The molecule has 1 heterocycles. The second kappa shape index (κ2) is 7.93. The average Bonchev–Trinajstić information content (AvgIpc) is 2.86. The Bertz CT molecular complexity index is 418. The molecule has 0 bridgehead atoms. The molecule has 0 spiro atoms. The van der Waals surface area contributed by atoms with Crippen molar-refractivity contribution in [1.29, 1.82) is 0 Å². The fourth-order valence-electron chi connectivity index (χ4n) is 2.15. The second-order valence-electron chi connectivity index (χ2n) is 5.08. The zero-order valence-corrected chi connectivity index (χ0v) is 12.7. The zero-order chi connectivity index (χ0) is 15.1. The number of carbonyl (C=O) groups excluding carboxylic acids is 1. The number of carbonyl (C=O) groups is 1. The molecule has 0 saturated heterocycles. The standard InChI is InChI=1S/C12H25N7O/c1-5-18(10(2)8-17(3)4)6-7-19-9-11(15-16-19)12(20)14-13/h9-10H,5-8,13H2,1-4H3,(H,14,20). The van der Waals surface area contributed by atoms with Crippen molar-refractivity contribution in [3.05, 3.63) is 11.9 Å². The first-order valence-electron chi connectivity index (χ1n) is 6.77. The number of likely N-dealkylation sites (N-methyl/N-ethyl adjacent to an activating group) is 2. The number of nitrogens with one attached hydrogen (secondary N) is 1. The normalized spacial score (nSPS) is 12.9. The Hall–Kier alpha value is -1.51. The molecular formula is C12H25N7O. The minimum Gasteiger partial charge on any atom is -0.308 e. The zero-order valence-electron chi connectivity index (χ0n) is 12.7. The van der Waals surface area contributed by atoms with Gasteiger partial charge < -0.3 is 4.90 Å². The van der Waals surface area contributed by atoms with Crippen molar-refractivity contribution in [2.45, 2.75) is 26.4 Å².